The number of ether oxygens (including phenoxy) is 1. The summed E-state index contributed by atoms with van der Waals surface area (Å²) in [6.45, 7) is 0.465. The SMILES string of the molecule is COC(=O)CCN(Cc1ccco1)C(=O)/C=C/c1ccc(Cl)cc1Cl. The van der Waals surface area contributed by atoms with Gasteiger partial charge in [-0.15, -0.1) is 0 Å². The predicted octanol–water partition coefficient (Wildman–Crippen LogP) is 4.19. The first-order valence-electron chi connectivity index (χ1n) is 7.51. The predicted molar refractivity (Wildman–Crippen MR) is 96.3 cm³/mol. The highest BCUT2D eigenvalue weighted by atomic mass is 35.5. The number of methoxy groups -OCH3 is 1. The minimum atomic E-state index is -0.387. The quantitative estimate of drug-likeness (QED) is 0.532. The first-order chi connectivity index (χ1) is 12.0. The van der Waals surface area contributed by atoms with E-state index in [1.807, 2.05) is 0 Å². The molecule has 1 heterocycles. The zero-order chi connectivity index (χ0) is 18.2. The van der Waals surface area contributed by atoms with E-state index in [1.165, 1.54) is 24.3 Å². The molecule has 7 heteroatoms. The molecule has 0 saturated heterocycles. The average Bonchev–Trinajstić information content (AvgIpc) is 3.10. The molecule has 0 saturated carbocycles. The number of furan rings is 1. The summed E-state index contributed by atoms with van der Waals surface area (Å²) in [5.74, 6) is -0.0376. The van der Waals surface area contributed by atoms with Gasteiger partial charge in [-0.1, -0.05) is 29.3 Å². The van der Waals surface area contributed by atoms with Crippen molar-refractivity contribution < 1.29 is 18.7 Å². The number of benzene rings is 1. The first-order valence-corrected chi connectivity index (χ1v) is 8.26. The van der Waals surface area contributed by atoms with E-state index in [0.29, 0.717) is 21.4 Å². The lowest BCUT2D eigenvalue weighted by atomic mass is 10.2. The van der Waals surface area contributed by atoms with Crippen molar-refractivity contribution in [1.82, 2.24) is 4.90 Å². The van der Waals surface area contributed by atoms with Gasteiger partial charge >= 0.3 is 5.97 Å². The van der Waals surface area contributed by atoms with Crippen LogP contribution < -0.4 is 0 Å². The lowest BCUT2D eigenvalue weighted by Gasteiger charge is -2.19. The molecule has 2 rings (SSSR count). The number of carbonyl (C=O) groups excluding carboxylic acids is 2. The normalized spacial score (nSPS) is 10.8. The Kier molecular flexibility index (Phi) is 7.10. The summed E-state index contributed by atoms with van der Waals surface area (Å²) in [5, 5.41) is 0.967. The molecule has 0 bridgehead atoms. The zero-order valence-corrected chi connectivity index (χ0v) is 15.1. The third-order valence-corrected chi connectivity index (χ3v) is 3.98. The zero-order valence-electron chi connectivity index (χ0n) is 13.6. The van der Waals surface area contributed by atoms with Crippen molar-refractivity contribution in [1.29, 1.82) is 0 Å². The molecule has 2 aromatic rings. The molecule has 25 heavy (non-hydrogen) atoms. The van der Waals surface area contributed by atoms with Gasteiger partial charge in [-0.05, 0) is 35.9 Å². The van der Waals surface area contributed by atoms with Crippen molar-refractivity contribution in [2.45, 2.75) is 13.0 Å². The van der Waals surface area contributed by atoms with Gasteiger partial charge in [0.15, 0.2) is 0 Å². The molecule has 0 unspecified atom stereocenters. The highest BCUT2D eigenvalue weighted by Crippen LogP contribution is 2.22. The van der Waals surface area contributed by atoms with Crippen LogP contribution in [-0.2, 0) is 20.9 Å². The second-order valence-corrected chi connectivity index (χ2v) is 6.01. The molecular formula is C18H17Cl2NO4. The number of nitrogens with zero attached hydrogens (tertiary/aromatic N) is 1. The number of hydrogen-bond donors (Lipinski definition) is 0. The van der Waals surface area contributed by atoms with Crippen molar-refractivity contribution in [3.8, 4) is 0 Å². The van der Waals surface area contributed by atoms with Crippen LogP contribution in [0.15, 0.2) is 47.1 Å². The van der Waals surface area contributed by atoms with E-state index in [2.05, 4.69) is 4.74 Å². The topological polar surface area (TPSA) is 59.8 Å². The van der Waals surface area contributed by atoms with Crippen molar-refractivity contribution in [3.05, 3.63) is 64.0 Å². The van der Waals surface area contributed by atoms with E-state index >= 15 is 0 Å². The van der Waals surface area contributed by atoms with Crippen LogP contribution in [-0.4, -0.2) is 30.4 Å². The number of halogens is 2. The van der Waals surface area contributed by atoms with Crippen LogP contribution in [0.25, 0.3) is 6.08 Å². The number of carbonyl (C=O) groups is 2. The van der Waals surface area contributed by atoms with Crippen LogP contribution in [0.2, 0.25) is 10.0 Å². The third kappa shape index (κ3) is 5.96. The second-order valence-electron chi connectivity index (χ2n) is 5.16. The van der Waals surface area contributed by atoms with E-state index in [-0.39, 0.29) is 31.4 Å². The Hall–Kier alpha value is -2.24. The molecule has 0 aliphatic carbocycles. The monoisotopic (exact) mass is 381 g/mol. The molecule has 5 nitrogen and oxygen atoms in total. The van der Waals surface area contributed by atoms with E-state index in [1.54, 1.807) is 36.4 Å². The van der Waals surface area contributed by atoms with Gasteiger partial charge < -0.3 is 14.1 Å². The molecule has 0 spiro atoms. The maximum absolute atomic E-state index is 12.5. The van der Waals surface area contributed by atoms with Crippen LogP contribution >= 0.6 is 23.2 Å². The van der Waals surface area contributed by atoms with Crippen molar-refractivity contribution in [2.24, 2.45) is 0 Å². The molecule has 132 valence electrons. The van der Waals surface area contributed by atoms with E-state index < -0.39 is 0 Å². The molecule has 0 radical (unpaired) electrons. The van der Waals surface area contributed by atoms with Gasteiger partial charge in [-0.2, -0.15) is 0 Å². The van der Waals surface area contributed by atoms with Gasteiger partial charge in [0.25, 0.3) is 0 Å². The van der Waals surface area contributed by atoms with Crippen LogP contribution in [0.4, 0.5) is 0 Å². The molecule has 1 amide bonds. The van der Waals surface area contributed by atoms with Gasteiger partial charge in [-0.3, -0.25) is 9.59 Å². The fourth-order valence-electron chi connectivity index (χ4n) is 2.09. The Morgan fingerprint density at radius 3 is 2.72 bits per heavy atom. The molecule has 1 aromatic heterocycles. The highest BCUT2D eigenvalue weighted by Gasteiger charge is 2.15. The first kappa shape index (κ1) is 19.1. The van der Waals surface area contributed by atoms with Crippen molar-refractivity contribution in [2.75, 3.05) is 13.7 Å². The smallest absolute Gasteiger partial charge is 0.307 e. The Morgan fingerprint density at radius 1 is 1.28 bits per heavy atom. The number of hydrogen-bond acceptors (Lipinski definition) is 4. The highest BCUT2D eigenvalue weighted by molar-refractivity contribution is 6.35. The Balaban J connectivity index is 2.09. The molecule has 0 aliphatic rings. The maximum Gasteiger partial charge on any atom is 0.307 e. The van der Waals surface area contributed by atoms with Crippen LogP contribution in [0, 0.1) is 0 Å². The van der Waals surface area contributed by atoms with E-state index in [9.17, 15) is 9.59 Å². The standard InChI is InChI=1S/C18H17Cl2NO4/c1-24-18(23)8-9-21(12-15-3-2-10-25-15)17(22)7-5-13-4-6-14(19)11-16(13)20/h2-7,10-11H,8-9,12H2,1H3/b7-5+. The molecule has 0 fully saturated rings. The largest absolute Gasteiger partial charge is 0.469 e. The molecule has 1 aromatic carbocycles. The van der Waals surface area contributed by atoms with Gasteiger partial charge in [0, 0.05) is 22.7 Å². The Morgan fingerprint density at radius 2 is 2.08 bits per heavy atom. The van der Waals surface area contributed by atoms with Crippen LogP contribution in [0.5, 0.6) is 0 Å². The van der Waals surface area contributed by atoms with Crippen molar-refractivity contribution >= 4 is 41.2 Å². The minimum absolute atomic E-state index is 0.0957. The summed E-state index contributed by atoms with van der Waals surface area (Å²) in [7, 11) is 1.31. The van der Waals surface area contributed by atoms with Gasteiger partial charge in [0.1, 0.15) is 5.76 Å². The van der Waals surface area contributed by atoms with Gasteiger partial charge in [-0.25, -0.2) is 0 Å². The Bertz CT molecular complexity index is 756. The fraction of sp³-hybridized carbons (Fsp3) is 0.222. The summed E-state index contributed by atoms with van der Waals surface area (Å²) in [4.78, 5) is 25.4. The Labute approximate surface area is 155 Å². The number of amides is 1. The second kappa shape index (κ2) is 9.30. The third-order valence-electron chi connectivity index (χ3n) is 3.42. The summed E-state index contributed by atoms with van der Waals surface area (Å²) in [6, 6.07) is 8.51. The molecule has 0 aliphatic heterocycles. The van der Waals surface area contributed by atoms with E-state index in [4.69, 9.17) is 27.6 Å². The molecular weight excluding hydrogens is 365 g/mol. The van der Waals surface area contributed by atoms with Crippen LogP contribution in [0.3, 0.4) is 0 Å². The molecule has 0 atom stereocenters. The summed E-state index contributed by atoms with van der Waals surface area (Å²) >= 11 is 11.9. The fourth-order valence-corrected chi connectivity index (χ4v) is 2.56. The summed E-state index contributed by atoms with van der Waals surface area (Å²) < 4.78 is 9.90. The number of rotatable bonds is 7. The van der Waals surface area contributed by atoms with Gasteiger partial charge in [0.2, 0.25) is 5.91 Å². The summed E-state index contributed by atoms with van der Waals surface area (Å²) in [6.07, 6.45) is 4.63. The number of esters is 1. The minimum Gasteiger partial charge on any atom is -0.469 e. The van der Waals surface area contributed by atoms with Gasteiger partial charge in [0.05, 0.1) is 26.3 Å². The molecule has 0 N–H and O–H groups in total. The van der Waals surface area contributed by atoms with E-state index in [0.717, 1.165) is 0 Å². The lowest BCUT2D eigenvalue weighted by molar-refractivity contribution is -0.141. The average molecular weight is 382 g/mol. The lowest BCUT2D eigenvalue weighted by Crippen LogP contribution is -2.31. The van der Waals surface area contributed by atoms with Crippen LogP contribution in [0.1, 0.15) is 17.7 Å². The van der Waals surface area contributed by atoms with Crippen molar-refractivity contribution in [3.63, 3.8) is 0 Å². The summed E-state index contributed by atoms with van der Waals surface area (Å²) in [5.41, 5.74) is 0.672. The maximum atomic E-state index is 12.5.